The fourth-order valence-corrected chi connectivity index (χ4v) is 2.80. The fourth-order valence-electron chi connectivity index (χ4n) is 2.28. The van der Waals surface area contributed by atoms with Gasteiger partial charge in [0.05, 0.1) is 11.4 Å². The van der Waals surface area contributed by atoms with E-state index < -0.39 is 9.84 Å². The summed E-state index contributed by atoms with van der Waals surface area (Å²) in [7, 11) is -1.08. The lowest BCUT2D eigenvalue weighted by Crippen LogP contribution is -2.49. The van der Waals surface area contributed by atoms with Gasteiger partial charge in [-0.15, -0.1) is 0 Å². The molecular weight excluding hydrogens is 252 g/mol. The first kappa shape index (κ1) is 15.9. The molecule has 1 saturated heterocycles. The number of rotatable bonds is 7. The maximum absolute atomic E-state index is 11.0. The second kappa shape index (κ2) is 6.84. The van der Waals surface area contributed by atoms with Crippen molar-refractivity contribution in [3.63, 3.8) is 0 Å². The van der Waals surface area contributed by atoms with E-state index in [-0.39, 0.29) is 11.4 Å². The van der Waals surface area contributed by atoms with Crippen LogP contribution in [-0.2, 0) is 14.6 Å². The van der Waals surface area contributed by atoms with Crippen molar-refractivity contribution >= 4 is 9.84 Å². The van der Waals surface area contributed by atoms with Gasteiger partial charge < -0.3 is 10.1 Å². The Morgan fingerprint density at radius 1 is 1.39 bits per heavy atom. The first-order valence-corrected chi connectivity index (χ1v) is 8.57. The van der Waals surface area contributed by atoms with E-state index in [1.807, 2.05) is 0 Å². The van der Waals surface area contributed by atoms with Crippen molar-refractivity contribution in [1.29, 1.82) is 0 Å². The summed E-state index contributed by atoms with van der Waals surface area (Å²) in [6, 6.07) is 0. The van der Waals surface area contributed by atoms with Crippen LogP contribution in [0.25, 0.3) is 0 Å². The molecule has 1 aliphatic heterocycles. The zero-order chi connectivity index (χ0) is 13.6. The Balaban J connectivity index is 2.16. The van der Waals surface area contributed by atoms with Crippen molar-refractivity contribution in [1.82, 2.24) is 10.2 Å². The van der Waals surface area contributed by atoms with Gasteiger partial charge >= 0.3 is 0 Å². The van der Waals surface area contributed by atoms with Gasteiger partial charge in [-0.2, -0.15) is 0 Å². The van der Waals surface area contributed by atoms with E-state index in [4.69, 9.17) is 4.74 Å². The molecule has 6 heteroatoms. The van der Waals surface area contributed by atoms with E-state index in [2.05, 4.69) is 17.1 Å². The van der Waals surface area contributed by atoms with Crippen molar-refractivity contribution in [2.24, 2.45) is 0 Å². The van der Waals surface area contributed by atoms with E-state index in [1.165, 1.54) is 6.26 Å². The maximum Gasteiger partial charge on any atom is 0.148 e. The number of ether oxygens (including phenoxy) is 1. The van der Waals surface area contributed by atoms with Crippen molar-refractivity contribution in [2.45, 2.75) is 25.4 Å². The molecule has 1 unspecified atom stereocenters. The Labute approximate surface area is 111 Å². The average molecular weight is 278 g/mol. The third-order valence-corrected chi connectivity index (χ3v) is 4.43. The molecule has 0 aromatic heterocycles. The molecule has 0 saturated carbocycles. The number of hydrogen-bond acceptors (Lipinski definition) is 5. The predicted molar refractivity (Wildman–Crippen MR) is 73.7 cm³/mol. The van der Waals surface area contributed by atoms with E-state index in [9.17, 15) is 8.42 Å². The van der Waals surface area contributed by atoms with Crippen LogP contribution in [-0.4, -0.2) is 70.8 Å². The van der Waals surface area contributed by atoms with Gasteiger partial charge in [0.1, 0.15) is 9.84 Å². The summed E-state index contributed by atoms with van der Waals surface area (Å²) in [6.45, 7) is 6.52. The summed E-state index contributed by atoms with van der Waals surface area (Å²) >= 11 is 0. The number of piperidine rings is 1. The first-order valence-electron chi connectivity index (χ1n) is 6.51. The van der Waals surface area contributed by atoms with Crippen molar-refractivity contribution in [3.05, 3.63) is 0 Å². The molecule has 1 fully saturated rings. The number of hydrogen-bond donors (Lipinski definition) is 1. The summed E-state index contributed by atoms with van der Waals surface area (Å²) in [6.07, 6.45) is 3.54. The van der Waals surface area contributed by atoms with Gasteiger partial charge in [0, 0.05) is 39.5 Å². The Kier molecular flexibility index (Phi) is 6.04. The van der Waals surface area contributed by atoms with E-state index in [0.29, 0.717) is 6.54 Å². The zero-order valence-corrected chi connectivity index (χ0v) is 12.6. The lowest BCUT2D eigenvalue weighted by atomic mass is 9.95. The summed E-state index contributed by atoms with van der Waals surface area (Å²) in [4.78, 5) is 2.38. The van der Waals surface area contributed by atoms with Crippen LogP contribution in [0.15, 0.2) is 0 Å². The standard InChI is InChI=1S/C12H26N2O3S/c1-12(17-2)5-4-8-14(11-12)9-6-13-7-10-18(3,15)16/h13H,4-11H2,1-3H3. The Hall–Kier alpha value is -0.170. The number of likely N-dealkylation sites (tertiary alicyclic amines) is 1. The Morgan fingerprint density at radius 2 is 2.11 bits per heavy atom. The van der Waals surface area contributed by atoms with Crippen LogP contribution >= 0.6 is 0 Å². The molecule has 0 spiro atoms. The first-order chi connectivity index (χ1) is 8.35. The molecule has 0 amide bonds. The van der Waals surface area contributed by atoms with Gasteiger partial charge in [0.15, 0.2) is 0 Å². The molecule has 18 heavy (non-hydrogen) atoms. The monoisotopic (exact) mass is 278 g/mol. The normalized spacial score (nSPS) is 26.4. The maximum atomic E-state index is 11.0. The van der Waals surface area contributed by atoms with Gasteiger partial charge in [0.2, 0.25) is 0 Å². The summed E-state index contributed by atoms with van der Waals surface area (Å²) in [5.74, 6) is 0.211. The molecule has 1 heterocycles. The molecule has 0 bridgehead atoms. The van der Waals surface area contributed by atoms with Crippen molar-refractivity contribution in [2.75, 3.05) is 51.8 Å². The van der Waals surface area contributed by atoms with Crippen LogP contribution in [0.4, 0.5) is 0 Å². The van der Waals surface area contributed by atoms with E-state index in [0.717, 1.165) is 39.0 Å². The van der Waals surface area contributed by atoms with Crippen LogP contribution in [0, 0.1) is 0 Å². The van der Waals surface area contributed by atoms with Crippen LogP contribution in [0.1, 0.15) is 19.8 Å². The minimum atomic E-state index is -2.85. The van der Waals surface area contributed by atoms with Gasteiger partial charge in [-0.3, -0.25) is 4.90 Å². The SMILES string of the molecule is COC1(C)CCCN(CCNCCS(C)(=O)=O)C1. The molecule has 1 aliphatic rings. The van der Waals surface area contributed by atoms with Gasteiger partial charge in [-0.05, 0) is 26.3 Å². The topological polar surface area (TPSA) is 58.6 Å². The second-order valence-corrected chi connectivity index (χ2v) is 7.67. The molecule has 0 radical (unpaired) electrons. The van der Waals surface area contributed by atoms with Gasteiger partial charge in [-0.1, -0.05) is 0 Å². The molecule has 0 aromatic rings. The average Bonchev–Trinajstić information content (AvgIpc) is 2.27. The van der Waals surface area contributed by atoms with E-state index >= 15 is 0 Å². The Bertz CT molecular complexity index is 345. The summed E-state index contributed by atoms with van der Waals surface area (Å²) in [5, 5.41) is 3.17. The van der Waals surface area contributed by atoms with Gasteiger partial charge in [0.25, 0.3) is 0 Å². The highest BCUT2D eigenvalue weighted by Crippen LogP contribution is 2.23. The molecule has 0 aromatic carbocycles. The summed E-state index contributed by atoms with van der Waals surface area (Å²) in [5.41, 5.74) is -0.0228. The zero-order valence-electron chi connectivity index (χ0n) is 11.7. The smallest absolute Gasteiger partial charge is 0.148 e. The number of sulfone groups is 1. The highest BCUT2D eigenvalue weighted by molar-refractivity contribution is 7.90. The summed E-state index contributed by atoms with van der Waals surface area (Å²) < 4.78 is 27.4. The molecular formula is C12H26N2O3S. The van der Waals surface area contributed by atoms with Crippen LogP contribution in [0.2, 0.25) is 0 Å². The third kappa shape index (κ3) is 6.13. The minimum absolute atomic E-state index is 0.0228. The molecule has 1 N–H and O–H groups in total. The predicted octanol–water partition coefficient (Wildman–Crippen LogP) is 0.122. The fraction of sp³-hybridized carbons (Fsp3) is 1.00. The Morgan fingerprint density at radius 3 is 2.72 bits per heavy atom. The number of methoxy groups -OCH3 is 1. The van der Waals surface area contributed by atoms with Crippen molar-refractivity contribution < 1.29 is 13.2 Å². The molecule has 5 nitrogen and oxygen atoms in total. The molecule has 1 atom stereocenters. The lowest BCUT2D eigenvalue weighted by Gasteiger charge is -2.39. The van der Waals surface area contributed by atoms with Crippen molar-refractivity contribution in [3.8, 4) is 0 Å². The number of nitrogens with zero attached hydrogens (tertiary/aromatic N) is 1. The number of nitrogens with one attached hydrogen (secondary N) is 1. The highest BCUT2D eigenvalue weighted by atomic mass is 32.2. The molecule has 108 valence electrons. The molecule has 1 rings (SSSR count). The second-order valence-electron chi connectivity index (χ2n) is 5.41. The molecule has 0 aliphatic carbocycles. The van der Waals surface area contributed by atoms with Gasteiger partial charge in [-0.25, -0.2) is 8.42 Å². The van der Waals surface area contributed by atoms with Crippen LogP contribution < -0.4 is 5.32 Å². The van der Waals surface area contributed by atoms with Crippen LogP contribution in [0.3, 0.4) is 0 Å². The van der Waals surface area contributed by atoms with Crippen LogP contribution in [0.5, 0.6) is 0 Å². The minimum Gasteiger partial charge on any atom is -0.377 e. The largest absolute Gasteiger partial charge is 0.377 e. The van der Waals surface area contributed by atoms with E-state index in [1.54, 1.807) is 7.11 Å². The quantitative estimate of drug-likeness (QED) is 0.671. The third-order valence-electron chi connectivity index (χ3n) is 3.49. The highest BCUT2D eigenvalue weighted by Gasteiger charge is 2.30. The lowest BCUT2D eigenvalue weighted by molar-refractivity contribution is -0.0501.